The Morgan fingerprint density at radius 1 is 0.272 bits per heavy atom. The number of hydrogen-bond donors (Lipinski definition) is 3. The van der Waals surface area contributed by atoms with Crippen molar-refractivity contribution in [2.75, 3.05) is 39.6 Å². The summed E-state index contributed by atoms with van der Waals surface area (Å²) in [6, 6.07) is 0. The largest absolute Gasteiger partial charge is 0.472 e. The summed E-state index contributed by atoms with van der Waals surface area (Å²) in [6.45, 7) is 14.0. The second kappa shape index (κ2) is 62.6. The van der Waals surface area contributed by atoms with Crippen LogP contribution >= 0.6 is 15.6 Å². The van der Waals surface area contributed by atoms with Crippen LogP contribution in [0.2, 0.25) is 0 Å². The lowest BCUT2D eigenvalue weighted by atomic mass is 10.0. The highest BCUT2D eigenvalue weighted by atomic mass is 31.2. The van der Waals surface area contributed by atoms with Gasteiger partial charge in [0.2, 0.25) is 0 Å². The third-order valence-electron chi connectivity index (χ3n) is 16.8. The van der Waals surface area contributed by atoms with Crippen molar-refractivity contribution in [1.82, 2.24) is 0 Å². The minimum atomic E-state index is -4.95. The van der Waals surface area contributed by atoms with Crippen molar-refractivity contribution in [3.05, 3.63) is 0 Å². The molecule has 0 aliphatic heterocycles. The molecule has 0 aromatic heterocycles. The van der Waals surface area contributed by atoms with E-state index in [0.29, 0.717) is 37.5 Å². The molecule has 0 aromatic rings. The number of phosphoric ester groups is 2. The first-order chi connectivity index (χ1) is 44.1. The predicted molar refractivity (Wildman–Crippen MR) is 372 cm³/mol. The lowest BCUT2D eigenvalue weighted by molar-refractivity contribution is -0.161. The molecule has 0 rings (SSSR count). The van der Waals surface area contributed by atoms with E-state index in [-0.39, 0.29) is 25.7 Å². The van der Waals surface area contributed by atoms with Crippen LogP contribution in [-0.4, -0.2) is 96.7 Å². The first-order valence-electron chi connectivity index (χ1n) is 37.7. The molecule has 0 heterocycles. The summed E-state index contributed by atoms with van der Waals surface area (Å²) in [6.07, 6.45) is 46.3. The molecule has 0 saturated carbocycles. The van der Waals surface area contributed by atoms with Crippen molar-refractivity contribution in [2.24, 2.45) is 23.7 Å². The van der Waals surface area contributed by atoms with Crippen LogP contribution in [0.3, 0.4) is 0 Å². The van der Waals surface area contributed by atoms with Crippen molar-refractivity contribution < 1.29 is 80.2 Å². The van der Waals surface area contributed by atoms with E-state index in [1.54, 1.807) is 0 Å². The van der Waals surface area contributed by atoms with E-state index in [9.17, 15) is 43.2 Å². The number of ether oxygens (including phenoxy) is 4. The maximum Gasteiger partial charge on any atom is 0.472 e. The Bertz CT molecular complexity index is 1820. The summed E-state index contributed by atoms with van der Waals surface area (Å²) >= 11 is 0. The molecule has 0 spiro atoms. The Balaban J connectivity index is 5.13. The standard InChI is InChI=1S/C73H142O17P2/c1-63(2)49-41-33-25-21-17-15-13-11-9-10-12-14-16-18-24-28-39-47-55-72(77)89-68(60-84-71(76)54-46-38-31-29-35-43-51-65(5)6)61-87-91(79,80)85-57-67(74)58-86-92(81,82)88-62-69(90-73(78)56-48-40-32-30-36-44-52-66(7)8)59-83-70(75)53-45-37-27-23-20-19-22-26-34-42-50-64(3)4/h63-69,74H,9-62H2,1-8H3,(H,79,80)(H,81,82)/t67?,68-,69-/m1/s1. The molecule has 0 aliphatic rings. The van der Waals surface area contributed by atoms with Gasteiger partial charge in [0.15, 0.2) is 12.2 Å². The number of rotatable bonds is 70. The predicted octanol–water partition coefficient (Wildman–Crippen LogP) is 20.9. The van der Waals surface area contributed by atoms with Crippen LogP contribution < -0.4 is 0 Å². The number of aliphatic hydroxyl groups is 1. The molecule has 0 radical (unpaired) electrons. The van der Waals surface area contributed by atoms with Gasteiger partial charge >= 0.3 is 39.5 Å². The molecule has 19 heteroatoms. The van der Waals surface area contributed by atoms with E-state index < -0.39 is 97.5 Å². The SMILES string of the molecule is CC(C)CCCCCCCCCCCCCCCCCCCCC(=O)O[C@H](COC(=O)CCCCCCCCC(C)C)COP(=O)(O)OCC(O)COP(=O)(O)OC[C@@H](COC(=O)CCCCCCCCCCCCC(C)C)OC(=O)CCCCCCCCC(C)C. The van der Waals surface area contributed by atoms with E-state index in [1.807, 2.05) is 0 Å². The van der Waals surface area contributed by atoms with Gasteiger partial charge < -0.3 is 33.8 Å². The van der Waals surface area contributed by atoms with Gasteiger partial charge in [0.25, 0.3) is 0 Å². The van der Waals surface area contributed by atoms with E-state index in [1.165, 1.54) is 161 Å². The molecule has 0 aliphatic carbocycles. The zero-order valence-electron chi connectivity index (χ0n) is 60.2. The van der Waals surface area contributed by atoms with Gasteiger partial charge in [-0.2, -0.15) is 0 Å². The Labute approximate surface area is 562 Å². The molecule has 546 valence electrons. The average molecular weight is 1350 g/mol. The summed E-state index contributed by atoms with van der Waals surface area (Å²) in [5.74, 6) is 0.795. The summed E-state index contributed by atoms with van der Waals surface area (Å²) in [5.41, 5.74) is 0. The maximum absolute atomic E-state index is 13.0. The van der Waals surface area contributed by atoms with Gasteiger partial charge in [0.1, 0.15) is 19.3 Å². The topological polar surface area (TPSA) is 237 Å². The fraction of sp³-hybridized carbons (Fsp3) is 0.945. The van der Waals surface area contributed by atoms with E-state index >= 15 is 0 Å². The van der Waals surface area contributed by atoms with Crippen LogP contribution in [0.15, 0.2) is 0 Å². The van der Waals surface area contributed by atoms with Crippen molar-refractivity contribution in [1.29, 1.82) is 0 Å². The lowest BCUT2D eigenvalue weighted by Gasteiger charge is -2.21. The minimum Gasteiger partial charge on any atom is -0.462 e. The summed E-state index contributed by atoms with van der Waals surface area (Å²) in [7, 11) is -9.90. The number of aliphatic hydroxyl groups excluding tert-OH is 1. The molecule has 0 amide bonds. The van der Waals surface area contributed by atoms with Crippen LogP contribution in [0, 0.1) is 23.7 Å². The van der Waals surface area contributed by atoms with Crippen LogP contribution in [0.4, 0.5) is 0 Å². The van der Waals surface area contributed by atoms with Gasteiger partial charge in [-0.05, 0) is 49.4 Å². The van der Waals surface area contributed by atoms with Gasteiger partial charge in [0, 0.05) is 25.7 Å². The van der Waals surface area contributed by atoms with Gasteiger partial charge in [-0.15, -0.1) is 0 Å². The van der Waals surface area contributed by atoms with Crippen LogP contribution in [-0.2, 0) is 65.4 Å². The number of unbranched alkanes of at least 4 members (excludes halogenated alkanes) is 36. The molecule has 0 saturated heterocycles. The molecule has 0 bridgehead atoms. The molecule has 92 heavy (non-hydrogen) atoms. The number of phosphoric acid groups is 2. The monoisotopic (exact) mass is 1350 g/mol. The smallest absolute Gasteiger partial charge is 0.462 e. The second-order valence-electron chi connectivity index (χ2n) is 28.2. The molecule has 3 unspecified atom stereocenters. The van der Waals surface area contributed by atoms with Crippen LogP contribution in [0.5, 0.6) is 0 Å². The highest BCUT2D eigenvalue weighted by molar-refractivity contribution is 7.47. The number of carbonyl (C=O) groups is 4. The van der Waals surface area contributed by atoms with Gasteiger partial charge in [0.05, 0.1) is 26.4 Å². The van der Waals surface area contributed by atoms with Crippen LogP contribution in [0.1, 0.15) is 364 Å². The Morgan fingerprint density at radius 3 is 0.674 bits per heavy atom. The zero-order chi connectivity index (χ0) is 68.2. The quantitative estimate of drug-likeness (QED) is 0.0222. The molecule has 3 N–H and O–H groups in total. The average Bonchev–Trinajstić information content (AvgIpc) is 3.36. The highest BCUT2D eigenvalue weighted by Gasteiger charge is 2.30. The number of carbonyl (C=O) groups excluding carboxylic acids is 4. The Hall–Kier alpha value is -1.94. The fourth-order valence-corrected chi connectivity index (χ4v) is 12.6. The molecule has 0 fully saturated rings. The minimum absolute atomic E-state index is 0.101. The normalized spacial score (nSPS) is 14.2. The van der Waals surface area contributed by atoms with E-state index in [4.69, 9.17) is 37.0 Å². The van der Waals surface area contributed by atoms with Gasteiger partial charge in [-0.25, -0.2) is 9.13 Å². The van der Waals surface area contributed by atoms with E-state index in [2.05, 4.69) is 55.4 Å². The van der Waals surface area contributed by atoms with Crippen molar-refractivity contribution in [3.8, 4) is 0 Å². The fourth-order valence-electron chi connectivity index (χ4n) is 11.0. The molecular formula is C73H142O17P2. The third kappa shape index (κ3) is 66.7. The number of hydrogen-bond acceptors (Lipinski definition) is 15. The highest BCUT2D eigenvalue weighted by Crippen LogP contribution is 2.45. The summed E-state index contributed by atoms with van der Waals surface area (Å²) in [4.78, 5) is 72.5. The third-order valence-corrected chi connectivity index (χ3v) is 18.7. The lowest BCUT2D eigenvalue weighted by Crippen LogP contribution is -2.30. The first-order valence-corrected chi connectivity index (χ1v) is 40.7. The Kier molecular flexibility index (Phi) is 61.3. The molecule has 5 atom stereocenters. The summed E-state index contributed by atoms with van der Waals surface area (Å²) < 4.78 is 68.3. The van der Waals surface area contributed by atoms with Crippen molar-refractivity contribution in [3.63, 3.8) is 0 Å². The molecule has 17 nitrogen and oxygen atoms in total. The van der Waals surface area contributed by atoms with Crippen molar-refractivity contribution >= 4 is 39.5 Å². The zero-order valence-corrected chi connectivity index (χ0v) is 62.0. The van der Waals surface area contributed by atoms with Gasteiger partial charge in [-0.1, -0.05) is 312 Å². The van der Waals surface area contributed by atoms with E-state index in [0.717, 1.165) is 108 Å². The second-order valence-corrected chi connectivity index (χ2v) is 31.1. The van der Waals surface area contributed by atoms with Crippen molar-refractivity contribution in [2.45, 2.75) is 382 Å². The first kappa shape index (κ1) is 90.1. The maximum atomic E-state index is 13.0. The molecular weight excluding hydrogens is 1210 g/mol. The van der Waals surface area contributed by atoms with Gasteiger partial charge in [-0.3, -0.25) is 37.3 Å². The number of esters is 4. The molecule has 0 aromatic carbocycles. The van der Waals surface area contributed by atoms with Crippen LogP contribution in [0.25, 0.3) is 0 Å². The summed E-state index contributed by atoms with van der Waals surface area (Å²) in [5, 5.41) is 10.6. The Morgan fingerprint density at radius 2 is 0.457 bits per heavy atom.